The summed E-state index contributed by atoms with van der Waals surface area (Å²) in [6, 6.07) is 1.75. The van der Waals surface area contributed by atoms with Gasteiger partial charge in [-0.25, -0.2) is 8.78 Å². The van der Waals surface area contributed by atoms with E-state index in [4.69, 9.17) is 10.8 Å². The molecule has 0 bridgehead atoms. The highest BCUT2D eigenvalue weighted by molar-refractivity contribution is 5.75. The first kappa shape index (κ1) is 12.6. The van der Waals surface area contributed by atoms with Crippen LogP contribution in [-0.2, 0) is 10.2 Å². The quantitative estimate of drug-likeness (QED) is 0.828. The third-order valence-corrected chi connectivity index (χ3v) is 2.67. The molecule has 0 radical (unpaired) electrons. The zero-order valence-corrected chi connectivity index (χ0v) is 9.00. The van der Waals surface area contributed by atoms with Crippen LogP contribution in [0.1, 0.15) is 19.4 Å². The molecule has 0 amide bonds. The summed E-state index contributed by atoms with van der Waals surface area (Å²) in [6.45, 7) is 3.00. The Kier molecular flexibility index (Phi) is 3.28. The predicted molar refractivity (Wildman–Crippen MR) is 55.0 cm³/mol. The fourth-order valence-electron chi connectivity index (χ4n) is 1.49. The number of hydrogen-bond acceptors (Lipinski definition) is 2. The number of carboxylic acid groups (broad SMARTS) is 1. The van der Waals surface area contributed by atoms with Crippen LogP contribution < -0.4 is 5.73 Å². The molecule has 5 heteroatoms. The summed E-state index contributed by atoms with van der Waals surface area (Å²) in [5.41, 5.74) is 4.45. The SMILES string of the molecule is CC(C)(c1ccc(F)cc1F)C(N)C(=O)O. The molecule has 0 aliphatic rings. The van der Waals surface area contributed by atoms with E-state index in [2.05, 4.69) is 0 Å². The molecule has 16 heavy (non-hydrogen) atoms. The van der Waals surface area contributed by atoms with Gasteiger partial charge in [0.15, 0.2) is 0 Å². The number of hydrogen-bond donors (Lipinski definition) is 2. The minimum Gasteiger partial charge on any atom is -0.480 e. The van der Waals surface area contributed by atoms with E-state index in [1.807, 2.05) is 0 Å². The molecule has 1 aromatic rings. The van der Waals surface area contributed by atoms with Crippen LogP contribution in [0.25, 0.3) is 0 Å². The number of rotatable bonds is 3. The van der Waals surface area contributed by atoms with Gasteiger partial charge >= 0.3 is 5.97 Å². The van der Waals surface area contributed by atoms with Crippen LogP contribution in [0.4, 0.5) is 8.78 Å². The second kappa shape index (κ2) is 4.17. The zero-order chi connectivity index (χ0) is 12.5. The summed E-state index contributed by atoms with van der Waals surface area (Å²) in [4.78, 5) is 10.8. The molecule has 3 N–H and O–H groups in total. The van der Waals surface area contributed by atoms with E-state index in [0.29, 0.717) is 6.07 Å². The van der Waals surface area contributed by atoms with E-state index >= 15 is 0 Å². The molecule has 88 valence electrons. The van der Waals surface area contributed by atoms with Gasteiger partial charge in [0.2, 0.25) is 0 Å². The van der Waals surface area contributed by atoms with Gasteiger partial charge in [-0.1, -0.05) is 19.9 Å². The molecule has 0 aliphatic heterocycles. The van der Waals surface area contributed by atoms with Crippen molar-refractivity contribution in [1.82, 2.24) is 0 Å². The standard InChI is InChI=1S/C11H13F2NO2/c1-11(2,9(14)10(15)16)7-4-3-6(12)5-8(7)13/h3-5,9H,14H2,1-2H3,(H,15,16). The van der Waals surface area contributed by atoms with Crippen LogP contribution in [0, 0.1) is 11.6 Å². The highest BCUT2D eigenvalue weighted by Crippen LogP contribution is 2.28. The monoisotopic (exact) mass is 229 g/mol. The second-order valence-electron chi connectivity index (χ2n) is 4.16. The van der Waals surface area contributed by atoms with Gasteiger partial charge in [0.25, 0.3) is 0 Å². The van der Waals surface area contributed by atoms with E-state index in [0.717, 1.165) is 6.07 Å². The molecule has 3 nitrogen and oxygen atoms in total. The lowest BCUT2D eigenvalue weighted by Gasteiger charge is -2.29. The van der Waals surface area contributed by atoms with Crippen molar-refractivity contribution in [3.8, 4) is 0 Å². The molecule has 0 aromatic heterocycles. The van der Waals surface area contributed by atoms with Crippen LogP contribution >= 0.6 is 0 Å². The molecule has 1 unspecified atom stereocenters. The minimum atomic E-state index is -1.26. The fourth-order valence-corrected chi connectivity index (χ4v) is 1.49. The van der Waals surface area contributed by atoms with Crippen molar-refractivity contribution in [2.45, 2.75) is 25.3 Å². The van der Waals surface area contributed by atoms with Crippen LogP contribution in [0.3, 0.4) is 0 Å². The second-order valence-corrected chi connectivity index (χ2v) is 4.16. The van der Waals surface area contributed by atoms with Crippen molar-refractivity contribution in [2.75, 3.05) is 0 Å². The van der Waals surface area contributed by atoms with Crippen molar-refractivity contribution in [3.63, 3.8) is 0 Å². The van der Waals surface area contributed by atoms with Crippen molar-refractivity contribution in [1.29, 1.82) is 0 Å². The molecular formula is C11H13F2NO2. The molecule has 0 fully saturated rings. The van der Waals surface area contributed by atoms with Gasteiger partial charge in [-0.15, -0.1) is 0 Å². The summed E-state index contributed by atoms with van der Waals surface area (Å²) < 4.78 is 26.2. The summed E-state index contributed by atoms with van der Waals surface area (Å²) >= 11 is 0. The predicted octanol–water partition coefficient (Wildman–Crippen LogP) is 1.65. The highest BCUT2D eigenvalue weighted by atomic mass is 19.1. The average Bonchev–Trinajstić information content (AvgIpc) is 2.15. The minimum absolute atomic E-state index is 0.0869. The topological polar surface area (TPSA) is 63.3 Å². The Balaban J connectivity index is 3.21. The maximum absolute atomic E-state index is 13.5. The van der Waals surface area contributed by atoms with E-state index in [-0.39, 0.29) is 5.56 Å². The van der Waals surface area contributed by atoms with E-state index < -0.39 is 29.1 Å². The van der Waals surface area contributed by atoms with Crippen LogP contribution in [-0.4, -0.2) is 17.1 Å². The zero-order valence-electron chi connectivity index (χ0n) is 9.00. The van der Waals surface area contributed by atoms with E-state index in [9.17, 15) is 13.6 Å². The van der Waals surface area contributed by atoms with Gasteiger partial charge in [0.05, 0.1) is 0 Å². The average molecular weight is 229 g/mol. The summed E-state index contributed by atoms with van der Waals surface area (Å²) in [5, 5.41) is 8.80. The Morgan fingerprint density at radius 1 is 1.44 bits per heavy atom. The molecule has 0 saturated carbocycles. The molecule has 1 atom stereocenters. The lowest BCUT2D eigenvalue weighted by Crippen LogP contribution is -2.47. The lowest BCUT2D eigenvalue weighted by atomic mass is 9.78. The molecule has 0 saturated heterocycles. The molecule has 0 heterocycles. The Bertz CT molecular complexity index is 418. The molecular weight excluding hydrogens is 216 g/mol. The van der Waals surface area contributed by atoms with Gasteiger partial charge in [-0.3, -0.25) is 4.79 Å². The number of nitrogens with two attached hydrogens (primary N) is 1. The Labute approximate surface area is 91.9 Å². The van der Waals surface area contributed by atoms with Crippen LogP contribution in [0.5, 0.6) is 0 Å². The van der Waals surface area contributed by atoms with Crippen molar-refractivity contribution in [3.05, 3.63) is 35.4 Å². The fraction of sp³-hybridized carbons (Fsp3) is 0.364. The van der Waals surface area contributed by atoms with Crippen LogP contribution in [0.15, 0.2) is 18.2 Å². The number of aliphatic carboxylic acids is 1. The van der Waals surface area contributed by atoms with Crippen LogP contribution in [0.2, 0.25) is 0 Å². The first-order valence-electron chi connectivity index (χ1n) is 4.70. The van der Waals surface area contributed by atoms with Crippen molar-refractivity contribution in [2.24, 2.45) is 5.73 Å². The number of carbonyl (C=O) groups is 1. The van der Waals surface area contributed by atoms with Gasteiger partial charge < -0.3 is 10.8 Å². The van der Waals surface area contributed by atoms with Gasteiger partial charge in [0, 0.05) is 11.5 Å². The third-order valence-electron chi connectivity index (χ3n) is 2.67. The largest absolute Gasteiger partial charge is 0.480 e. The molecule has 0 aliphatic carbocycles. The third kappa shape index (κ3) is 2.19. The van der Waals surface area contributed by atoms with E-state index in [1.165, 1.54) is 19.9 Å². The molecule has 1 rings (SSSR count). The summed E-state index contributed by atoms with van der Waals surface area (Å²) in [7, 11) is 0. The molecule has 1 aromatic carbocycles. The van der Waals surface area contributed by atoms with Gasteiger partial charge in [-0.05, 0) is 11.6 Å². The summed E-state index contributed by atoms with van der Waals surface area (Å²) in [5.74, 6) is -2.73. The Morgan fingerprint density at radius 2 is 2.00 bits per heavy atom. The van der Waals surface area contributed by atoms with Crippen molar-refractivity contribution < 1.29 is 18.7 Å². The Hall–Kier alpha value is -1.49. The smallest absolute Gasteiger partial charge is 0.321 e. The summed E-state index contributed by atoms with van der Waals surface area (Å²) in [6.07, 6.45) is 0. The first-order valence-corrected chi connectivity index (χ1v) is 4.70. The number of benzene rings is 1. The maximum Gasteiger partial charge on any atom is 0.321 e. The highest BCUT2D eigenvalue weighted by Gasteiger charge is 2.35. The van der Waals surface area contributed by atoms with Crippen molar-refractivity contribution >= 4 is 5.97 Å². The Morgan fingerprint density at radius 3 is 2.44 bits per heavy atom. The van der Waals surface area contributed by atoms with E-state index in [1.54, 1.807) is 0 Å². The maximum atomic E-state index is 13.5. The lowest BCUT2D eigenvalue weighted by molar-refractivity contribution is -0.140. The van der Waals surface area contributed by atoms with Gasteiger partial charge in [0.1, 0.15) is 17.7 Å². The molecule has 0 spiro atoms. The normalized spacial score (nSPS) is 13.6. The first-order chi connectivity index (χ1) is 7.26. The number of carboxylic acids is 1. The van der Waals surface area contributed by atoms with Gasteiger partial charge in [-0.2, -0.15) is 0 Å². The number of halogens is 2.